The highest BCUT2D eigenvalue weighted by Gasteiger charge is 2.18. The summed E-state index contributed by atoms with van der Waals surface area (Å²) in [5.41, 5.74) is 8.01. The van der Waals surface area contributed by atoms with Gasteiger partial charge < -0.3 is 16.4 Å². The molecule has 0 radical (unpaired) electrons. The van der Waals surface area contributed by atoms with Crippen LogP contribution in [0.2, 0.25) is 0 Å². The number of rotatable bonds is 1. The van der Waals surface area contributed by atoms with E-state index in [-0.39, 0.29) is 12.4 Å². The SMILES string of the molecule is Cl.Nc1c(Br)cc(Br)cc1[C@@H]1CNCCN1. The molecule has 0 unspecified atom stereocenters. The van der Waals surface area contributed by atoms with E-state index in [1.165, 1.54) is 0 Å². The summed E-state index contributed by atoms with van der Waals surface area (Å²) >= 11 is 6.94. The third-order valence-corrected chi connectivity index (χ3v) is 3.66. The van der Waals surface area contributed by atoms with Gasteiger partial charge in [-0.2, -0.15) is 0 Å². The van der Waals surface area contributed by atoms with Crippen molar-refractivity contribution >= 4 is 50.0 Å². The Hall–Kier alpha value is 0.190. The van der Waals surface area contributed by atoms with Crippen LogP contribution in [0.5, 0.6) is 0 Å². The molecule has 0 bridgehead atoms. The third-order valence-electron chi connectivity index (χ3n) is 2.54. The van der Waals surface area contributed by atoms with Crippen molar-refractivity contribution in [3.8, 4) is 0 Å². The van der Waals surface area contributed by atoms with Crippen LogP contribution >= 0.6 is 44.3 Å². The number of nitrogens with two attached hydrogens (primary N) is 1. The van der Waals surface area contributed by atoms with Crippen molar-refractivity contribution in [3.05, 3.63) is 26.6 Å². The highest BCUT2D eigenvalue weighted by Crippen LogP contribution is 2.32. The molecule has 16 heavy (non-hydrogen) atoms. The number of nitrogen functional groups attached to an aromatic ring is 1. The first-order valence-electron chi connectivity index (χ1n) is 4.87. The molecule has 1 aliphatic heterocycles. The molecule has 0 amide bonds. The lowest BCUT2D eigenvalue weighted by Gasteiger charge is -2.26. The molecule has 2 rings (SSSR count). The van der Waals surface area contributed by atoms with Crippen LogP contribution in [-0.2, 0) is 0 Å². The average Bonchev–Trinajstić information content (AvgIpc) is 2.24. The van der Waals surface area contributed by atoms with Crippen molar-refractivity contribution in [2.45, 2.75) is 6.04 Å². The quantitative estimate of drug-likeness (QED) is 0.665. The standard InChI is InChI=1S/C10H13Br2N3.ClH/c11-6-3-7(10(13)8(12)4-6)9-5-14-1-2-15-9;/h3-4,9,14-15H,1-2,5,13H2;1H/t9-;/m0./s1. The van der Waals surface area contributed by atoms with Gasteiger partial charge >= 0.3 is 0 Å². The lowest BCUT2D eigenvalue weighted by Crippen LogP contribution is -2.42. The summed E-state index contributed by atoms with van der Waals surface area (Å²) in [4.78, 5) is 0. The van der Waals surface area contributed by atoms with Crippen molar-refractivity contribution in [1.82, 2.24) is 10.6 Å². The minimum Gasteiger partial charge on any atom is -0.398 e. The number of hydrogen-bond acceptors (Lipinski definition) is 3. The van der Waals surface area contributed by atoms with E-state index in [4.69, 9.17) is 5.73 Å². The monoisotopic (exact) mass is 369 g/mol. The van der Waals surface area contributed by atoms with Gasteiger partial charge in [-0.3, -0.25) is 0 Å². The molecular formula is C10H14Br2ClN3. The van der Waals surface area contributed by atoms with Gasteiger partial charge in [-0.15, -0.1) is 12.4 Å². The molecule has 0 saturated carbocycles. The van der Waals surface area contributed by atoms with Crippen LogP contribution in [0.3, 0.4) is 0 Å². The maximum Gasteiger partial charge on any atom is 0.0508 e. The molecule has 90 valence electrons. The lowest BCUT2D eigenvalue weighted by atomic mass is 10.0. The molecule has 1 fully saturated rings. The largest absolute Gasteiger partial charge is 0.398 e. The second-order valence-corrected chi connectivity index (χ2v) is 5.37. The summed E-state index contributed by atoms with van der Waals surface area (Å²) in [5, 5.41) is 6.80. The smallest absolute Gasteiger partial charge is 0.0508 e. The molecule has 1 saturated heterocycles. The number of hydrogen-bond donors (Lipinski definition) is 3. The third kappa shape index (κ3) is 3.11. The van der Waals surface area contributed by atoms with E-state index in [0.717, 1.165) is 39.8 Å². The van der Waals surface area contributed by atoms with Gasteiger partial charge in [0.25, 0.3) is 0 Å². The summed E-state index contributed by atoms with van der Waals surface area (Å²) in [6.45, 7) is 2.92. The Balaban J connectivity index is 0.00000128. The highest BCUT2D eigenvalue weighted by atomic mass is 79.9. The molecule has 1 aliphatic rings. The first-order valence-corrected chi connectivity index (χ1v) is 6.45. The van der Waals surface area contributed by atoms with Crippen molar-refractivity contribution in [1.29, 1.82) is 0 Å². The van der Waals surface area contributed by atoms with Crippen LogP contribution in [0.4, 0.5) is 5.69 Å². The van der Waals surface area contributed by atoms with Crippen molar-refractivity contribution < 1.29 is 0 Å². The van der Waals surface area contributed by atoms with Gasteiger partial charge in [-0.25, -0.2) is 0 Å². The van der Waals surface area contributed by atoms with Crippen LogP contribution in [0.25, 0.3) is 0 Å². The molecule has 1 atom stereocenters. The molecule has 4 N–H and O–H groups in total. The Morgan fingerprint density at radius 2 is 2.00 bits per heavy atom. The minimum absolute atomic E-state index is 0. The maximum absolute atomic E-state index is 6.05. The zero-order valence-electron chi connectivity index (χ0n) is 8.59. The van der Waals surface area contributed by atoms with Crippen LogP contribution in [-0.4, -0.2) is 19.6 Å². The van der Waals surface area contributed by atoms with E-state index in [2.05, 4.69) is 48.6 Å². The van der Waals surface area contributed by atoms with E-state index in [1.54, 1.807) is 0 Å². The van der Waals surface area contributed by atoms with E-state index in [0.29, 0.717) is 6.04 Å². The number of benzene rings is 1. The Bertz CT molecular complexity index is 367. The zero-order valence-corrected chi connectivity index (χ0v) is 12.6. The van der Waals surface area contributed by atoms with Gasteiger partial charge in [0.05, 0.1) is 5.69 Å². The second-order valence-electron chi connectivity index (χ2n) is 3.60. The maximum atomic E-state index is 6.05. The van der Waals surface area contributed by atoms with Gasteiger partial charge in [0.2, 0.25) is 0 Å². The molecule has 6 heteroatoms. The van der Waals surface area contributed by atoms with Gasteiger partial charge in [0.15, 0.2) is 0 Å². The predicted molar refractivity (Wildman–Crippen MR) is 77.1 cm³/mol. The van der Waals surface area contributed by atoms with E-state index >= 15 is 0 Å². The summed E-state index contributed by atoms with van der Waals surface area (Å²) in [6, 6.07) is 4.34. The van der Waals surface area contributed by atoms with Crippen LogP contribution < -0.4 is 16.4 Å². The van der Waals surface area contributed by atoms with Gasteiger partial charge in [0, 0.05) is 34.6 Å². The predicted octanol–water partition coefficient (Wildman–Crippen LogP) is 2.45. The van der Waals surface area contributed by atoms with Gasteiger partial charge in [0.1, 0.15) is 0 Å². The molecule has 3 nitrogen and oxygen atoms in total. The fraction of sp³-hybridized carbons (Fsp3) is 0.400. The first-order chi connectivity index (χ1) is 7.18. The molecule has 1 aromatic rings. The zero-order chi connectivity index (χ0) is 10.8. The normalized spacial score (nSPS) is 20.2. The minimum atomic E-state index is 0. The van der Waals surface area contributed by atoms with Crippen LogP contribution in [0, 0.1) is 0 Å². The highest BCUT2D eigenvalue weighted by molar-refractivity contribution is 9.11. The summed E-state index contributed by atoms with van der Waals surface area (Å²) in [5.74, 6) is 0. The van der Waals surface area contributed by atoms with Crippen molar-refractivity contribution in [2.24, 2.45) is 0 Å². The molecule has 1 heterocycles. The number of halogens is 3. The van der Waals surface area contributed by atoms with Gasteiger partial charge in [-0.05, 0) is 33.6 Å². The molecular weight excluding hydrogens is 357 g/mol. The first kappa shape index (κ1) is 14.3. The van der Waals surface area contributed by atoms with E-state index in [1.807, 2.05) is 6.07 Å². The van der Waals surface area contributed by atoms with Crippen molar-refractivity contribution in [2.75, 3.05) is 25.4 Å². The summed E-state index contributed by atoms with van der Waals surface area (Å²) < 4.78 is 1.99. The molecule has 0 aliphatic carbocycles. The topological polar surface area (TPSA) is 50.1 Å². The number of anilines is 1. The van der Waals surface area contributed by atoms with Crippen molar-refractivity contribution in [3.63, 3.8) is 0 Å². The summed E-state index contributed by atoms with van der Waals surface area (Å²) in [6.07, 6.45) is 0. The Morgan fingerprint density at radius 1 is 1.25 bits per heavy atom. The lowest BCUT2D eigenvalue weighted by molar-refractivity contribution is 0.431. The number of piperazine rings is 1. The Morgan fingerprint density at radius 3 is 2.62 bits per heavy atom. The molecule has 0 spiro atoms. The van der Waals surface area contributed by atoms with E-state index in [9.17, 15) is 0 Å². The average molecular weight is 372 g/mol. The molecule has 0 aromatic heterocycles. The Labute approximate surface area is 118 Å². The Kier molecular flexibility index (Phi) is 5.53. The van der Waals surface area contributed by atoms with Crippen LogP contribution in [0.1, 0.15) is 11.6 Å². The second kappa shape index (κ2) is 6.21. The van der Waals surface area contributed by atoms with Gasteiger partial charge in [-0.1, -0.05) is 15.9 Å². The fourth-order valence-electron chi connectivity index (χ4n) is 1.77. The number of nitrogens with one attached hydrogen (secondary N) is 2. The van der Waals surface area contributed by atoms with Crippen LogP contribution in [0.15, 0.2) is 21.1 Å². The summed E-state index contributed by atoms with van der Waals surface area (Å²) in [7, 11) is 0. The van der Waals surface area contributed by atoms with E-state index < -0.39 is 0 Å². The fourth-order valence-corrected chi connectivity index (χ4v) is 3.02. The molecule has 1 aromatic carbocycles.